The molecule has 106 valence electrons. The highest BCUT2D eigenvalue weighted by atomic mass is 32.1. The SMILES string of the molecule is Cc1nc(-c2cccc(F)c2)nc2sc(C(N)=O)c(N)c12. The topological polar surface area (TPSA) is 94.9 Å². The third-order valence-electron chi connectivity index (χ3n) is 3.08. The first-order valence-corrected chi connectivity index (χ1v) is 6.91. The van der Waals surface area contributed by atoms with Gasteiger partial charge in [0, 0.05) is 5.56 Å². The molecule has 21 heavy (non-hydrogen) atoms. The highest BCUT2D eigenvalue weighted by Gasteiger charge is 2.18. The zero-order valence-electron chi connectivity index (χ0n) is 11.1. The molecule has 5 nitrogen and oxygen atoms in total. The van der Waals surface area contributed by atoms with Crippen LogP contribution in [0.4, 0.5) is 10.1 Å². The predicted molar refractivity (Wildman–Crippen MR) is 80.5 cm³/mol. The minimum atomic E-state index is -0.595. The van der Waals surface area contributed by atoms with Crippen LogP contribution in [0.1, 0.15) is 15.4 Å². The van der Waals surface area contributed by atoms with Crippen molar-refractivity contribution in [1.29, 1.82) is 0 Å². The van der Waals surface area contributed by atoms with Crippen molar-refractivity contribution in [1.82, 2.24) is 9.97 Å². The number of fused-ring (bicyclic) bond motifs is 1. The highest BCUT2D eigenvalue weighted by molar-refractivity contribution is 7.21. The van der Waals surface area contributed by atoms with Crippen molar-refractivity contribution in [2.45, 2.75) is 6.92 Å². The Hall–Kier alpha value is -2.54. The molecule has 0 aliphatic heterocycles. The lowest BCUT2D eigenvalue weighted by molar-refractivity contribution is 0.100. The van der Waals surface area contributed by atoms with Gasteiger partial charge in [-0.2, -0.15) is 0 Å². The van der Waals surface area contributed by atoms with Crippen LogP contribution in [0.25, 0.3) is 21.6 Å². The average Bonchev–Trinajstić information content (AvgIpc) is 2.76. The fraction of sp³-hybridized carbons (Fsp3) is 0.0714. The third kappa shape index (κ3) is 2.21. The summed E-state index contributed by atoms with van der Waals surface area (Å²) < 4.78 is 13.3. The van der Waals surface area contributed by atoms with E-state index < -0.39 is 5.91 Å². The fourth-order valence-electron chi connectivity index (χ4n) is 2.14. The maximum absolute atomic E-state index is 13.3. The van der Waals surface area contributed by atoms with E-state index in [0.717, 1.165) is 11.3 Å². The number of halogens is 1. The Morgan fingerprint density at radius 3 is 2.76 bits per heavy atom. The van der Waals surface area contributed by atoms with Crippen LogP contribution in [0, 0.1) is 12.7 Å². The number of primary amides is 1. The molecule has 1 aromatic carbocycles. The number of aryl methyl sites for hydroxylation is 1. The Morgan fingerprint density at radius 2 is 2.10 bits per heavy atom. The van der Waals surface area contributed by atoms with Gasteiger partial charge in [-0.15, -0.1) is 11.3 Å². The number of nitrogens with zero attached hydrogens (tertiary/aromatic N) is 2. The Bertz CT molecular complexity index is 875. The second kappa shape index (κ2) is 4.78. The zero-order valence-corrected chi connectivity index (χ0v) is 11.9. The molecule has 3 rings (SSSR count). The van der Waals surface area contributed by atoms with E-state index in [9.17, 15) is 9.18 Å². The van der Waals surface area contributed by atoms with Crippen LogP contribution in [-0.4, -0.2) is 15.9 Å². The van der Waals surface area contributed by atoms with Gasteiger partial charge in [-0.25, -0.2) is 14.4 Å². The summed E-state index contributed by atoms with van der Waals surface area (Å²) in [5.41, 5.74) is 12.7. The summed E-state index contributed by atoms with van der Waals surface area (Å²) in [6.07, 6.45) is 0. The van der Waals surface area contributed by atoms with Gasteiger partial charge in [0.2, 0.25) is 0 Å². The first kappa shape index (κ1) is 13.4. The Balaban J connectivity index is 2.26. The molecular formula is C14H11FN4OS. The van der Waals surface area contributed by atoms with E-state index in [1.54, 1.807) is 19.1 Å². The summed E-state index contributed by atoms with van der Waals surface area (Å²) in [7, 11) is 0. The normalized spacial score (nSPS) is 11.0. The van der Waals surface area contributed by atoms with E-state index in [1.165, 1.54) is 12.1 Å². The van der Waals surface area contributed by atoms with Crippen LogP contribution in [0.3, 0.4) is 0 Å². The number of carbonyl (C=O) groups is 1. The number of rotatable bonds is 2. The zero-order chi connectivity index (χ0) is 15.1. The largest absolute Gasteiger partial charge is 0.397 e. The highest BCUT2D eigenvalue weighted by Crippen LogP contribution is 2.35. The molecule has 0 aliphatic carbocycles. The Labute approximate surface area is 123 Å². The number of carbonyl (C=O) groups excluding carboxylic acids is 1. The monoisotopic (exact) mass is 302 g/mol. The van der Waals surface area contributed by atoms with Crippen molar-refractivity contribution in [3.05, 3.63) is 40.7 Å². The van der Waals surface area contributed by atoms with E-state index in [0.29, 0.717) is 33.0 Å². The van der Waals surface area contributed by atoms with Crippen molar-refractivity contribution >= 4 is 33.1 Å². The third-order valence-corrected chi connectivity index (χ3v) is 4.19. The van der Waals surface area contributed by atoms with Crippen LogP contribution in [0.15, 0.2) is 24.3 Å². The van der Waals surface area contributed by atoms with Gasteiger partial charge in [0.25, 0.3) is 5.91 Å². The second-order valence-corrected chi connectivity index (χ2v) is 5.53. The lowest BCUT2D eigenvalue weighted by Crippen LogP contribution is -2.10. The van der Waals surface area contributed by atoms with E-state index >= 15 is 0 Å². The van der Waals surface area contributed by atoms with E-state index in [1.807, 2.05) is 0 Å². The Morgan fingerprint density at radius 1 is 1.33 bits per heavy atom. The molecule has 3 aromatic rings. The molecule has 2 heterocycles. The van der Waals surface area contributed by atoms with Crippen LogP contribution >= 0.6 is 11.3 Å². The van der Waals surface area contributed by atoms with Crippen LogP contribution in [0.2, 0.25) is 0 Å². The van der Waals surface area contributed by atoms with Crippen LogP contribution < -0.4 is 11.5 Å². The summed E-state index contributed by atoms with van der Waals surface area (Å²) >= 11 is 1.11. The minimum Gasteiger partial charge on any atom is -0.397 e. The van der Waals surface area contributed by atoms with Gasteiger partial charge >= 0.3 is 0 Å². The molecule has 0 aliphatic rings. The quantitative estimate of drug-likeness (QED) is 0.760. The lowest BCUT2D eigenvalue weighted by Gasteiger charge is -2.03. The molecule has 2 aromatic heterocycles. The lowest BCUT2D eigenvalue weighted by atomic mass is 10.2. The number of anilines is 1. The molecule has 0 radical (unpaired) electrons. The maximum Gasteiger partial charge on any atom is 0.260 e. The molecule has 1 amide bonds. The number of amides is 1. The number of benzene rings is 1. The van der Waals surface area contributed by atoms with Gasteiger partial charge in [0.05, 0.1) is 16.8 Å². The molecule has 7 heteroatoms. The number of aromatic nitrogens is 2. The minimum absolute atomic E-state index is 0.263. The number of hydrogen-bond acceptors (Lipinski definition) is 5. The van der Waals surface area contributed by atoms with E-state index in [4.69, 9.17) is 11.5 Å². The van der Waals surface area contributed by atoms with Gasteiger partial charge in [-0.05, 0) is 19.1 Å². The van der Waals surface area contributed by atoms with Gasteiger partial charge in [0.1, 0.15) is 15.5 Å². The van der Waals surface area contributed by atoms with E-state index in [-0.39, 0.29) is 10.7 Å². The molecule has 0 saturated heterocycles. The summed E-state index contributed by atoms with van der Waals surface area (Å²) in [5.74, 6) is -0.573. The molecule has 0 fully saturated rings. The summed E-state index contributed by atoms with van der Waals surface area (Å²) in [6.45, 7) is 1.76. The van der Waals surface area contributed by atoms with Gasteiger partial charge in [-0.3, -0.25) is 4.79 Å². The van der Waals surface area contributed by atoms with Gasteiger partial charge in [0.15, 0.2) is 5.82 Å². The number of nitrogen functional groups attached to an aromatic ring is 1. The number of nitrogens with two attached hydrogens (primary N) is 2. The smallest absolute Gasteiger partial charge is 0.260 e. The van der Waals surface area contributed by atoms with Crippen molar-refractivity contribution in [3.63, 3.8) is 0 Å². The van der Waals surface area contributed by atoms with Gasteiger partial charge in [-0.1, -0.05) is 12.1 Å². The van der Waals surface area contributed by atoms with Crippen LogP contribution in [0.5, 0.6) is 0 Å². The van der Waals surface area contributed by atoms with Crippen molar-refractivity contribution in [2.75, 3.05) is 5.73 Å². The molecule has 0 atom stereocenters. The molecule has 0 bridgehead atoms. The maximum atomic E-state index is 13.3. The van der Waals surface area contributed by atoms with E-state index in [2.05, 4.69) is 9.97 Å². The summed E-state index contributed by atoms with van der Waals surface area (Å²) in [5, 5.41) is 0.619. The van der Waals surface area contributed by atoms with Crippen LogP contribution in [-0.2, 0) is 0 Å². The number of hydrogen-bond donors (Lipinski definition) is 2. The molecule has 4 N–H and O–H groups in total. The molecular weight excluding hydrogens is 291 g/mol. The molecule has 0 spiro atoms. The summed E-state index contributed by atoms with van der Waals surface area (Å²) in [6, 6.07) is 6.01. The first-order valence-electron chi connectivity index (χ1n) is 6.09. The van der Waals surface area contributed by atoms with Crippen molar-refractivity contribution in [2.24, 2.45) is 5.73 Å². The average molecular weight is 302 g/mol. The first-order chi connectivity index (χ1) is 9.97. The van der Waals surface area contributed by atoms with Gasteiger partial charge < -0.3 is 11.5 Å². The second-order valence-electron chi connectivity index (χ2n) is 4.53. The standard InChI is InChI=1S/C14H11FN4OS/c1-6-9-10(16)11(12(17)20)21-14(9)19-13(18-6)7-3-2-4-8(15)5-7/h2-5H,16H2,1H3,(H2,17,20). The fourth-order valence-corrected chi connectivity index (χ4v) is 3.13. The molecule has 0 unspecified atom stereocenters. The number of thiophene rings is 1. The predicted octanol–water partition coefficient (Wildman–Crippen LogP) is 2.49. The Kier molecular flexibility index (Phi) is 3.06. The summed E-state index contributed by atoms with van der Waals surface area (Å²) in [4.78, 5) is 20.9. The molecule has 0 saturated carbocycles. The van der Waals surface area contributed by atoms with Crippen molar-refractivity contribution < 1.29 is 9.18 Å². The van der Waals surface area contributed by atoms with Crippen molar-refractivity contribution in [3.8, 4) is 11.4 Å².